The maximum atomic E-state index is 12.6. The number of halogens is 3. The normalized spacial score (nSPS) is 13.0. The van der Waals surface area contributed by atoms with Gasteiger partial charge in [0, 0.05) is 6.07 Å². The molecule has 0 aliphatic carbocycles. The molecule has 20 heavy (non-hydrogen) atoms. The molecule has 2 aromatic rings. The zero-order chi connectivity index (χ0) is 14.8. The fourth-order valence-electron chi connectivity index (χ4n) is 1.62. The second-order valence-corrected chi connectivity index (χ2v) is 4.12. The number of nitrogens with two attached hydrogens (primary N) is 1. The van der Waals surface area contributed by atoms with Crippen molar-refractivity contribution in [2.45, 2.75) is 19.2 Å². The molecule has 106 valence electrons. The number of nitrogens with zero attached hydrogens (tertiary/aromatic N) is 2. The quantitative estimate of drug-likeness (QED) is 0.939. The molecular weight excluding hydrogens is 271 g/mol. The van der Waals surface area contributed by atoms with E-state index in [1.165, 1.54) is 0 Å². The minimum atomic E-state index is -4.59. The molecule has 1 aromatic carbocycles. The van der Waals surface area contributed by atoms with Crippen LogP contribution in [0.15, 0.2) is 36.4 Å². The molecule has 1 unspecified atom stereocenters. The van der Waals surface area contributed by atoms with Crippen molar-refractivity contribution in [3.05, 3.63) is 47.7 Å². The van der Waals surface area contributed by atoms with E-state index in [2.05, 4.69) is 9.97 Å². The second kappa shape index (κ2) is 5.36. The van der Waals surface area contributed by atoms with Crippen molar-refractivity contribution < 1.29 is 17.9 Å². The zero-order valence-electron chi connectivity index (χ0n) is 10.6. The summed E-state index contributed by atoms with van der Waals surface area (Å²) in [7, 11) is 0. The van der Waals surface area contributed by atoms with E-state index in [4.69, 9.17) is 10.5 Å². The van der Waals surface area contributed by atoms with Crippen LogP contribution in [-0.4, -0.2) is 9.97 Å². The van der Waals surface area contributed by atoms with E-state index < -0.39 is 23.9 Å². The van der Waals surface area contributed by atoms with E-state index in [1.54, 1.807) is 19.1 Å². The molecule has 0 fully saturated rings. The van der Waals surface area contributed by atoms with Crippen LogP contribution in [0.2, 0.25) is 0 Å². The van der Waals surface area contributed by atoms with Crippen LogP contribution in [0.1, 0.15) is 24.3 Å². The van der Waals surface area contributed by atoms with Crippen molar-refractivity contribution >= 4 is 5.95 Å². The molecule has 0 saturated carbocycles. The minimum absolute atomic E-state index is 0.207. The average Bonchev–Trinajstić information content (AvgIpc) is 2.38. The summed E-state index contributed by atoms with van der Waals surface area (Å²) in [5.74, 6) is -0.684. The highest BCUT2D eigenvalue weighted by Crippen LogP contribution is 2.31. The average molecular weight is 283 g/mol. The van der Waals surface area contributed by atoms with E-state index in [0.29, 0.717) is 0 Å². The third-order valence-electron chi connectivity index (χ3n) is 2.58. The summed E-state index contributed by atoms with van der Waals surface area (Å²) in [5.41, 5.74) is 4.96. The van der Waals surface area contributed by atoms with Crippen LogP contribution in [0.25, 0.3) is 0 Å². The molecule has 4 nitrogen and oxygen atoms in total. The summed E-state index contributed by atoms with van der Waals surface area (Å²) < 4.78 is 43.2. The van der Waals surface area contributed by atoms with Crippen molar-refractivity contribution in [1.82, 2.24) is 9.97 Å². The molecular formula is C13H12F3N3O. The SMILES string of the molecule is CC(Oc1cc(C(F)(F)F)nc(N)n1)c1ccccc1. The van der Waals surface area contributed by atoms with Crippen molar-refractivity contribution in [2.75, 3.05) is 5.73 Å². The third kappa shape index (κ3) is 3.37. The van der Waals surface area contributed by atoms with Gasteiger partial charge in [0.15, 0.2) is 5.69 Å². The summed E-state index contributed by atoms with van der Waals surface area (Å²) in [4.78, 5) is 6.80. The summed E-state index contributed by atoms with van der Waals surface area (Å²) in [6.45, 7) is 1.71. The number of alkyl halides is 3. The third-order valence-corrected chi connectivity index (χ3v) is 2.58. The molecule has 7 heteroatoms. The van der Waals surface area contributed by atoms with Crippen molar-refractivity contribution in [2.24, 2.45) is 0 Å². The van der Waals surface area contributed by atoms with Gasteiger partial charge in [-0.05, 0) is 12.5 Å². The lowest BCUT2D eigenvalue weighted by Crippen LogP contribution is -2.12. The lowest BCUT2D eigenvalue weighted by Gasteiger charge is -2.15. The van der Waals surface area contributed by atoms with Gasteiger partial charge in [-0.1, -0.05) is 30.3 Å². The predicted octanol–water partition coefficient (Wildman–Crippen LogP) is 3.22. The van der Waals surface area contributed by atoms with Crippen LogP contribution >= 0.6 is 0 Å². The van der Waals surface area contributed by atoms with Gasteiger partial charge in [0.1, 0.15) is 6.10 Å². The fraction of sp³-hybridized carbons (Fsp3) is 0.231. The highest BCUT2D eigenvalue weighted by atomic mass is 19.4. The smallest absolute Gasteiger partial charge is 0.433 e. The Kier molecular flexibility index (Phi) is 3.78. The lowest BCUT2D eigenvalue weighted by molar-refractivity contribution is -0.141. The summed E-state index contributed by atoms with van der Waals surface area (Å²) in [6, 6.07) is 9.80. The Morgan fingerprint density at radius 1 is 1.15 bits per heavy atom. The Bertz CT molecular complexity index is 587. The van der Waals surface area contributed by atoms with Crippen LogP contribution in [0.3, 0.4) is 0 Å². The largest absolute Gasteiger partial charge is 0.470 e. The Morgan fingerprint density at radius 2 is 1.80 bits per heavy atom. The number of anilines is 1. The Morgan fingerprint density at radius 3 is 2.40 bits per heavy atom. The number of nitrogen functional groups attached to an aromatic ring is 1. The minimum Gasteiger partial charge on any atom is -0.470 e. The van der Waals surface area contributed by atoms with Crippen molar-refractivity contribution in [3.63, 3.8) is 0 Å². The molecule has 0 saturated heterocycles. The molecule has 0 amide bonds. The number of aromatic nitrogens is 2. The zero-order valence-corrected chi connectivity index (χ0v) is 10.6. The number of benzene rings is 1. The molecule has 1 atom stereocenters. The number of ether oxygens (including phenoxy) is 1. The summed E-state index contributed by atoms with van der Waals surface area (Å²) in [5, 5.41) is 0. The lowest BCUT2D eigenvalue weighted by atomic mass is 10.1. The van der Waals surface area contributed by atoms with Crippen LogP contribution in [0.5, 0.6) is 5.88 Å². The van der Waals surface area contributed by atoms with Crippen LogP contribution in [0, 0.1) is 0 Å². The molecule has 2 rings (SSSR count). The molecule has 0 bridgehead atoms. The van der Waals surface area contributed by atoms with E-state index in [9.17, 15) is 13.2 Å². The highest BCUT2D eigenvalue weighted by molar-refractivity contribution is 5.28. The Hall–Kier alpha value is -2.31. The van der Waals surface area contributed by atoms with E-state index in [1.807, 2.05) is 18.2 Å². The van der Waals surface area contributed by atoms with Gasteiger partial charge in [-0.3, -0.25) is 0 Å². The molecule has 0 aliphatic heterocycles. The second-order valence-electron chi connectivity index (χ2n) is 4.12. The predicted molar refractivity (Wildman–Crippen MR) is 66.9 cm³/mol. The van der Waals surface area contributed by atoms with Gasteiger partial charge in [-0.15, -0.1) is 0 Å². The highest BCUT2D eigenvalue weighted by Gasteiger charge is 2.34. The standard InChI is InChI=1S/C13H12F3N3O/c1-8(9-5-3-2-4-6-9)20-11-7-10(13(14,15)16)18-12(17)19-11/h2-8H,1H3,(H2,17,18,19). The molecule has 0 spiro atoms. The molecule has 1 aromatic heterocycles. The first-order valence-corrected chi connectivity index (χ1v) is 5.79. The maximum Gasteiger partial charge on any atom is 0.433 e. The topological polar surface area (TPSA) is 61.0 Å². The monoisotopic (exact) mass is 283 g/mol. The van der Waals surface area contributed by atoms with Gasteiger partial charge in [-0.25, -0.2) is 4.98 Å². The first-order chi connectivity index (χ1) is 9.36. The van der Waals surface area contributed by atoms with Gasteiger partial charge >= 0.3 is 6.18 Å². The fourth-order valence-corrected chi connectivity index (χ4v) is 1.62. The molecule has 2 N–H and O–H groups in total. The van der Waals surface area contributed by atoms with Gasteiger partial charge < -0.3 is 10.5 Å². The van der Waals surface area contributed by atoms with Crippen LogP contribution in [-0.2, 0) is 6.18 Å². The van der Waals surface area contributed by atoms with Gasteiger partial charge in [-0.2, -0.15) is 18.2 Å². The van der Waals surface area contributed by atoms with Crippen molar-refractivity contribution in [1.29, 1.82) is 0 Å². The van der Waals surface area contributed by atoms with Crippen LogP contribution in [0.4, 0.5) is 19.1 Å². The first-order valence-electron chi connectivity index (χ1n) is 5.79. The molecule has 0 aliphatic rings. The number of rotatable bonds is 3. The van der Waals surface area contributed by atoms with Crippen molar-refractivity contribution in [3.8, 4) is 5.88 Å². The first kappa shape index (κ1) is 14.1. The number of hydrogen-bond acceptors (Lipinski definition) is 4. The summed E-state index contributed by atoms with van der Waals surface area (Å²) >= 11 is 0. The Labute approximate surface area is 113 Å². The molecule has 0 radical (unpaired) electrons. The van der Waals surface area contributed by atoms with E-state index in [0.717, 1.165) is 11.6 Å². The maximum absolute atomic E-state index is 12.6. The Balaban J connectivity index is 2.24. The number of hydrogen-bond donors (Lipinski definition) is 1. The van der Waals surface area contributed by atoms with Gasteiger partial charge in [0.05, 0.1) is 0 Å². The molecule has 1 heterocycles. The van der Waals surface area contributed by atoms with Gasteiger partial charge in [0.2, 0.25) is 11.8 Å². The van der Waals surface area contributed by atoms with E-state index in [-0.39, 0.29) is 5.88 Å². The van der Waals surface area contributed by atoms with Crippen LogP contribution < -0.4 is 10.5 Å². The van der Waals surface area contributed by atoms with Gasteiger partial charge in [0.25, 0.3) is 0 Å². The van der Waals surface area contributed by atoms with E-state index >= 15 is 0 Å². The summed E-state index contributed by atoms with van der Waals surface area (Å²) in [6.07, 6.45) is -5.04.